The molecule has 25 heavy (non-hydrogen) atoms. The summed E-state index contributed by atoms with van der Waals surface area (Å²) in [6.45, 7) is 1.51. The minimum Gasteiger partial charge on any atom is -0.325 e. The smallest absolute Gasteiger partial charge is 0.325 e. The van der Waals surface area contributed by atoms with Gasteiger partial charge in [0.25, 0.3) is 5.91 Å². The number of nitrogens with one attached hydrogen (secondary N) is 2. The van der Waals surface area contributed by atoms with Crippen LogP contribution >= 0.6 is 0 Å². The van der Waals surface area contributed by atoms with Crippen LogP contribution in [0.15, 0.2) is 60.7 Å². The average molecular weight is 337 g/mol. The number of urea groups is 1. The average Bonchev–Trinajstić information content (AvgIpc) is 2.88. The summed E-state index contributed by atoms with van der Waals surface area (Å²) in [7, 11) is 0. The number of amides is 4. The van der Waals surface area contributed by atoms with Gasteiger partial charge in [0, 0.05) is 5.69 Å². The quantitative estimate of drug-likeness (QED) is 0.823. The minimum atomic E-state index is -1.12. The van der Waals surface area contributed by atoms with E-state index in [1.54, 1.807) is 36.4 Å². The molecule has 1 aliphatic heterocycles. The van der Waals surface area contributed by atoms with Crippen LogP contribution in [0.2, 0.25) is 0 Å². The van der Waals surface area contributed by atoms with Crippen molar-refractivity contribution in [3.05, 3.63) is 66.2 Å². The van der Waals surface area contributed by atoms with Crippen molar-refractivity contribution >= 4 is 23.5 Å². The van der Waals surface area contributed by atoms with Crippen molar-refractivity contribution in [3.8, 4) is 0 Å². The first kappa shape index (κ1) is 16.7. The highest BCUT2D eigenvalue weighted by Crippen LogP contribution is 2.32. The summed E-state index contributed by atoms with van der Waals surface area (Å²) in [5.74, 6) is -0.830. The Kier molecular flexibility index (Phi) is 4.52. The Bertz CT molecular complexity index is 792. The molecule has 0 radical (unpaired) electrons. The van der Waals surface area contributed by atoms with E-state index >= 15 is 0 Å². The van der Waals surface area contributed by atoms with Crippen molar-refractivity contribution in [2.24, 2.45) is 0 Å². The van der Waals surface area contributed by atoms with Crippen LogP contribution in [0.4, 0.5) is 10.5 Å². The van der Waals surface area contributed by atoms with Crippen LogP contribution in [-0.4, -0.2) is 29.3 Å². The summed E-state index contributed by atoms with van der Waals surface area (Å²) >= 11 is 0. The van der Waals surface area contributed by atoms with Gasteiger partial charge in [-0.15, -0.1) is 0 Å². The van der Waals surface area contributed by atoms with Gasteiger partial charge in [0.1, 0.15) is 12.1 Å². The summed E-state index contributed by atoms with van der Waals surface area (Å²) in [6.07, 6.45) is 0.401. The van der Waals surface area contributed by atoms with Crippen molar-refractivity contribution in [1.29, 1.82) is 0 Å². The highest BCUT2D eigenvalue weighted by molar-refractivity contribution is 6.10. The molecule has 4 amide bonds. The van der Waals surface area contributed by atoms with E-state index in [2.05, 4.69) is 10.6 Å². The van der Waals surface area contributed by atoms with Crippen molar-refractivity contribution in [1.82, 2.24) is 10.2 Å². The Balaban J connectivity index is 1.78. The zero-order valence-corrected chi connectivity index (χ0v) is 13.9. The molecule has 0 aromatic heterocycles. The molecule has 0 bridgehead atoms. The van der Waals surface area contributed by atoms with Crippen LogP contribution in [0.25, 0.3) is 0 Å². The third-order valence-electron chi connectivity index (χ3n) is 4.33. The summed E-state index contributed by atoms with van der Waals surface area (Å²) in [4.78, 5) is 38.4. The van der Waals surface area contributed by atoms with Gasteiger partial charge in [-0.05, 0) is 24.1 Å². The van der Waals surface area contributed by atoms with Crippen LogP contribution in [0.5, 0.6) is 0 Å². The molecule has 128 valence electrons. The number of imide groups is 1. The van der Waals surface area contributed by atoms with Gasteiger partial charge in [0.05, 0.1) is 0 Å². The number of hydrogen-bond acceptors (Lipinski definition) is 3. The number of rotatable bonds is 5. The fraction of sp³-hybridized carbons (Fsp3) is 0.211. The molecule has 6 nitrogen and oxygen atoms in total. The Morgan fingerprint density at radius 1 is 1.04 bits per heavy atom. The minimum absolute atomic E-state index is 0.325. The molecule has 1 fully saturated rings. The number of anilines is 1. The predicted octanol–water partition coefficient (Wildman–Crippen LogP) is 2.48. The highest BCUT2D eigenvalue weighted by Gasteiger charge is 2.51. The first-order valence-electron chi connectivity index (χ1n) is 8.11. The van der Waals surface area contributed by atoms with Crippen LogP contribution in [0.1, 0.15) is 18.9 Å². The number of hydrogen-bond donors (Lipinski definition) is 2. The molecule has 3 rings (SSSR count). The lowest BCUT2D eigenvalue weighted by molar-refractivity contribution is -0.134. The molecule has 2 N–H and O–H groups in total. The third kappa shape index (κ3) is 3.10. The third-order valence-corrected chi connectivity index (χ3v) is 4.33. The Hall–Kier alpha value is -3.15. The molecule has 0 unspecified atom stereocenters. The van der Waals surface area contributed by atoms with Crippen LogP contribution < -0.4 is 10.6 Å². The van der Waals surface area contributed by atoms with Crippen LogP contribution in [0.3, 0.4) is 0 Å². The lowest BCUT2D eigenvalue weighted by atomic mass is 9.87. The van der Waals surface area contributed by atoms with E-state index in [0.717, 1.165) is 4.90 Å². The Morgan fingerprint density at radius 2 is 1.64 bits per heavy atom. The maximum absolute atomic E-state index is 12.9. The summed E-state index contributed by atoms with van der Waals surface area (Å²) in [5.41, 5.74) is 0.205. The molecule has 1 atom stereocenters. The molecular formula is C19H19N3O3. The lowest BCUT2D eigenvalue weighted by Crippen LogP contribution is -2.44. The van der Waals surface area contributed by atoms with Crippen molar-refractivity contribution < 1.29 is 14.4 Å². The van der Waals surface area contributed by atoms with Gasteiger partial charge >= 0.3 is 6.03 Å². The maximum atomic E-state index is 12.9. The van der Waals surface area contributed by atoms with Gasteiger partial charge in [0.2, 0.25) is 5.91 Å². The molecule has 0 aliphatic carbocycles. The number of benzene rings is 2. The first-order chi connectivity index (χ1) is 12.1. The van der Waals surface area contributed by atoms with E-state index in [0.29, 0.717) is 17.7 Å². The second kappa shape index (κ2) is 6.76. The second-order valence-electron chi connectivity index (χ2n) is 5.86. The molecule has 2 aromatic rings. The normalized spacial score (nSPS) is 19.6. The summed E-state index contributed by atoms with van der Waals surface area (Å²) in [6, 6.07) is 17.4. The molecule has 1 saturated heterocycles. The standard InChI is InChI=1S/C19H19N3O3/c1-2-19(14-9-5-3-6-10-14)17(24)22(18(25)21-19)13-16(23)20-15-11-7-4-8-12-15/h3-12H,2,13H2,1H3,(H,20,23)(H,21,25)/t19-/m1/s1. The molecule has 0 saturated carbocycles. The molecule has 2 aromatic carbocycles. The van der Waals surface area contributed by atoms with Crippen molar-refractivity contribution in [3.63, 3.8) is 0 Å². The zero-order chi connectivity index (χ0) is 17.9. The largest absolute Gasteiger partial charge is 0.325 e. The lowest BCUT2D eigenvalue weighted by Gasteiger charge is -2.25. The van der Waals surface area contributed by atoms with Crippen LogP contribution in [0, 0.1) is 0 Å². The van der Waals surface area contributed by atoms with Gasteiger partial charge in [-0.1, -0.05) is 55.5 Å². The fourth-order valence-corrected chi connectivity index (χ4v) is 3.00. The van der Waals surface area contributed by atoms with E-state index in [4.69, 9.17) is 0 Å². The molecule has 6 heteroatoms. The second-order valence-corrected chi connectivity index (χ2v) is 5.86. The van der Waals surface area contributed by atoms with E-state index in [1.165, 1.54) is 0 Å². The van der Waals surface area contributed by atoms with Gasteiger partial charge < -0.3 is 10.6 Å². The molecular weight excluding hydrogens is 318 g/mol. The van der Waals surface area contributed by atoms with Crippen molar-refractivity contribution in [2.45, 2.75) is 18.9 Å². The Labute approximate surface area is 145 Å². The van der Waals surface area contributed by atoms with Gasteiger partial charge in [-0.25, -0.2) is 4.79 Å². The molecule has 1 aliphatic rings. The fourth-order valence-electron chi connectivity index (χ4n) is 3.00. The number of nitrogens with zero attached hydrogens (tertiary/aromatic N) is 1. The van der Waals surface area contributed by atoms with E-state index < -0.39 is 23.4 Å². The van der Waals surface area contributed by atoms with Crippen molar-refractivity contribution in [2.75, 3.05) is 11.9 Å². The number of para-hydroxylation sites is 1. The topological polar surface area (TPSA) is 78.5 Å². The van der Waals surface area contributed by atoms with E-state index in [1.807, 2.05) is 31.2 Å². The van der Waals surface area contributed by atoms with Crippen LogP contribution in [-0.2, 0) is 15.1 Å². The van der Waals surface area contributed by atoms with Gasteiger partial charge in [-0.2, -0.15) is 0 Å². The van der Waals surface area contributed by atoms with E-state index in [-0.39, 0.29) is 6.54 Å². The predicted molar refractivity (Wildman–Crippen MR) is 93.7 cm³/mol. The molecule has 0 spiro atoms. The summed E-state index contributed by atoms with van der Waals surface area (Å²) < 4.78 is 0. The van der Waals surface area contributed by atoms with Gasteiger partial charge in [-0.3, -0.25) is 14.5 Å². The first-order valence-corrected chi connectivity index (χ1v) is 8.11. The summed E-state index contributed by atoms with van der Waals surface area (Å²) in [5, 5.41) is 5.44. The van der Waals surface area contributed by atoms with Gasteiger partial charge in [0.15, 0.2) is 0 Å². The Morgan fingerprint density at radius 3 is 2.24 bits per heavy atom. The highest BCUT2D eigenvalue weighted by atomic mass is 16.2. The van der Waals surface area contributed by atoms with E-state index in [9.17, 15) is 14.4 Å². The number of carbonyl (C=O) groups is 3. The SMILES string of the molecule is CC[C@]1(c2ccccc2)NC(=O)N(CC(=O)Nc2ccccc2)C1=O. The molecule has 1 heterocycles. The maximum Gasteiger partial charge on any atom is 0.325 e. The zero-order valence-electron chi connectivity index (χ0n) is 13.9. The number of carbonyl (C=O) groups excluding carboxylic acids is 3. The monoisotopic (exact) mass is 337 g/mol.